The predicted octanol–water partition coefficient (Wildman–Crippen LogP) is 1.35. The van der Waals surface area contributed by atoms with Crippen LogP contribution in [0.15, 0.2) is 12.6 Å². The number of hydrogen-bond donors (Lipinski definition) is 0. The Bertz CT molecular complexity index is 65.1. The third-order valence-corrected chi connectivity index (χ3v) is 0.307. The second-order valence-corrected chi connectivity index (χ2v) is 0.944. The Kier molecular flexibility index (Phi) is 1.93. The summed E-state index contributed by atoms with van der Waals surface area (Å²) in [5, 5.41) is 0. The highest BCUT2D eigenvalue weighted by Crippen LogP contribution is 2.11. The lowest BCUT2D eigenvalue weighted by Gasteiger charge is -1.96. The second-order valence-electron chi connectivity index (χ2n) is 0.944. The highest BCUT2D eigenvalue weighted by Gasteiger charge is 2.25. The van der Waals surface area contributed by atoms with Gasteiger partial charge >= 0.3 is 6.08 Å². The van der Waals surface area contributed by atoms with E-state index in [1.807, 2.05) is 0 Å². The lowest BCUT2D eigenvalue weighted by Crippen LogP contribution is -2.15. The molecule has 0 aliphatic rings. The van der Waals surface area contributed by atoms with Gasteiger partial charge in [0.2, 0.25) is 0 Å². The fourth-order valence-electron chi connectivity index (χ4n) is 0.134. The van der Waals surface area contributed by atoms with E-state index in [1.165, 1.54) is 0 Å². The van der Waals surface area contributed by atoms with E-state index in [9.17, 15) is 13.2 Å². The first-order valence-corrected chi connectivity index (χ1v) is 1.60. The summed E-state index contributed by atoms with van der Waals surface area (Å²) in [7, 11) is 0.0764. The van der Waals surface area contributed by atoms with Gasteiger partial charge in [0.1, 0.15) is 0 Å². The van der Waals surface area contributed by atoms with Gasteiger partial charge in [-0.3, -0.25) is 0 Å². The van der Waals surface area contributed by atoms with Crippen molar-refractivity contribution >= 4 is 7.28 Å². The molecule has 0 unspecified atom stereocenters. The van der Waals surface area contributed by atoms with Crippen molar-refractivity contribution < 1.29 is 13.2 Å². The van der Waals surface area contributed by atoms with Gasteiger partial charge in [-0.1, -0.05) is 0 Å². The van der Waals surface area contributed by atoms with E-state index in [1.54, 1.807) is 0 Å². The summed E-state index contributed by atoms with van der Waals surface area (Å²) in [5.74, 6) is 0.708. The van der Waals surface area contributed by atoms with E-state index >= 15 is 0 Å². The van der Waals surface area contributed by atoms with Crippen LogP contribution < -0.4 is 0 Å². The van der Waals surface area contributed by atoms with Crippen molar-refractivity contribution in [3.8, 4) is 0 Å². The van der Waals surface area contributed by atoms with Crippen molar-refractivity contribution in [1.29, 1.82) is 0 Å². The van der Waals surface area contributed by atoms with Crippen LogP contribution in [-0.2, 0) is 0 Å². The molecule has 4 heteroatoms. The van der Waals surface area contributed by atoms with Gasteiger partial charge in [0, 0.05) is 0 Å². The SMILES string of the molecule is C=C[B]C(F)(F)F. The molecule has 0 aromatic rings. The molecule has 0 aliphatic heterocycles. The van der Waals surface area contributed by atoms with Crippen molar-refractivity contribution in [2.75, 3.05) is 0 Å². The minimum Gasteiger partial charge on any atom is -0.182 e. The summed E-state index contributed by atoms with van der Waals surface area (Å²) in [4.78, 5) is 0. The van der Waals surface area contributed by atoms with E-state index in [0.717, 1.165) is 0 Å². The summed E-state index contributed by atoms with van der Waals surface area (Å²) in [5.41, 5.74) is 0. The van der Waals surface area contributed by atoms with Crippen LogP contribution in [0.2, 0.25) is 0 Å². The zero-order chi connectivity index (χ0) is 5.91. The predicted molar refractivity (Wildman–Crippen MR) is 22.0 cm³/mol. The molecule has 0 aliphatic carbocycles. The molecule has 39 valence electrons. The molecule has 0 rings (SSSR count). The molecule has 0 bridgehead atoms. The molecular weight excluding hydrogens is 104 g/mol. The van der Waals surface area contributed by atoms with Crippen molar-refractivity contribution in [2.24, 2.45) is 0 Å². The average molecular weight is 107 g/mol. The van der Waals surface area contributed by atoms with Crippen LogP contribution in [0.25, 0.3) is 0 Å². The van der Waals surface area contributed by atoms with E-state index in [4.69, 9.17) is 0 Å². The summed E-state index contributed by atoms with van der Waals surface area (Å²) in [6.07, 6.45) is -4.19. The Morgan fingerprint density at radius 1 is 1.43 bits per heavy atom. The molecule has 7 heavy (non-hydrogen) atoms. The molecule has 0 N–H and O–H groups in total. The molecule has 0 saturated heterocycles. The quantitative estimate of drug-likeness (QED) is 0.443. The van der Waals surface area contributed by atoms with Crippen molar-refractivity contribution in [3.63, 3.8) is 0 Å². The molecule has 0 aromatic carbocycles. The number of rotatable bonds is 1. The largest absolute Gasteiger partial charge is 0.343 e. The molecule has 0 spiro atoms. The zero-order valence-electron chi connectivity index (χ0n) is 3.50. The molecule has 0 aromatic heterocycles. The minimum absolute atomic E-state index is 0.0764. The molecule has 0 amide bonds. The molecule has 0 atom stereocenters. The molecule has 0 saturated carbocycles. The van der Waals surface area contributed by atoms with Crippen molar-refractivity contribution in [1.82, 2.24) is 0 Å². The lowest BCUT2D eigenvalue weighted by molar-refractivity contribution is -0.0457. The second kappa shape index (κ2) is 2.05. The fourth-order valence-corrected chi connectivity index (χ4v) is 0.134. The Hall–Kier alpha value is -0.405. The minimum atomic E-state index is -4.19. The van der Waals surface area contributed by atoms with Crippen LogP contribution >= 0.6 is 0 Å². The zero-order valence-corrected chi connectivity index (χ0v) is 3.50. The number of alkyl halides is 3. The summed E-state index contributed by atoms with van der Waals surface area (Å²) < 4.78 is 32.8. The van der Waals surface area contributed by atoms with Gasteiger partial charge in [-0.15, -0.1) is 12.6 Å². The average Bonchev–Trinajstić information content (AvgIpc) is 1.30. The van der Waals surface area contributed by atoms with Crippen LogP contribution in [0.3, 0.4) is 0 Å². The Morgan fingerprint density at radius 2 is 1.86 bits per heavy atom. The van der Waals surface area contributed by atoms with E-state index in [2.05, 4.69) is 6.58 Å². The first-order chi connectivity index (χ1) is 3.06. The number of halogens is 3. The molecule has 0 fully saturated rings. The van der Waals surface area contributed by atoms with Gasteiger partial charge < -0.3 is 0 Å². The van der Waals surface area contributed by atoms with E-state index < -0.39 is 6.08 Å². The smallest absolute Gasteiger partial charge is 0.182 e. The summed E-state index contributed by atoms with van der Waals surface area (Å²) >= 11 is 0. The molecule has 0 nitrogen and oxygen atoms in total. The van der Waals surface area contributed by atoms with Gasteiger partial charge in [-0.2, -0.15) is 13.2 Å². The van der Waals surface area contributed by atoms with Crippen LogP contribution in [-0.4, -0.2) is 13.4 Å². The fraction of sp³-hybridized carbons (Fsp3) is 0.333. The van der Waals surface area contributed by atoms with Gasteiger partial charge in [0.25, 0.3) is 7.28 Å². The van der Waals surface area contributed by atoms with Crippen LogP contribution in [0.5, 0.6) is 0 Å². The van der Waals surface area contributed by atoms with Crippen LogP contribution in [0.1, 0.15) is 0 Å². The maximum atomic E-state index is 10.9. The highest BCUT2D eigenvalue weighted by atomic mass is 19.4. The number of hydrogen-bond acceptors (Lipinski definition) is 0. The van der Waals surface area contributed by atoms with Crippen molar-refractivity contribution in [2.45, 2.75) is 6.08 Å². The Balaban J connectivity index is 3.34. The maximum Gasteiger partial charge on any atom is 0.343 e. The molecule has 1 radical (unpaired) electrons. The van der Waals surface area contributed by atoms with E-state index in [0.29, 0.717) is 5.98 Å². The first kappa shape index (κ1) is 6.59. The normalized spacial score (nSPS) is 10.7. The first-order valence-electron chi connectivity index (χ1n) is 1.60. The van der Waals surface area contributed by atoms with Crippen molar-refractivity contribution in [3.05, 3.63) is 12.6 Å². The third-order valence-electron chi connectivity index (χ3n) is 0.307. The lowest BCUT2D eigenvalue weighted by atomic mass is 9.79. The van der Waals surface area contributed by atoms with Gasteiger partial charge in [-0.25, -0.2) is 0 Å². The van der Waals surface area contributed by atoms with Crippen LogP contribution in [0, 0.1) is 0 Å². The summed E-state index contributed by atoms with van der Waals surface area (Å²) in [6, 6.07) is 0. The Morgan fingerprint density at radius 3 is 1.86 bits per heavy atom. The highest BCUT2D eigenvalue weighted by molar-refractivity contribution is 6.44. The maximum absolute atomic E-state index is 10.9. The van der Waals surface area contributed by atoms with Gasteiger partial charge in [0.05, 0.1) is 0 Å². The van der Waals surface area contributed by atoms with E-state index in [-0.39, 0.29) is 7.28 Å². The van der Waals surface area contributed by atoms with Gasteiger partial charge in [0.15, 0.2) is 0 Å². The van der Waals surface area contributed by atoms with Gasteiger partial charge in [-0.05, 0) is 0 Å². The topological polar surface area (TPSA) is 0 Å². The monoisotopic (exact) mass is 107 g/mol. The summed E-state index contributed by atoms with van der Waals surface area (Å²) in [6.45, 7) is 2.87. The molecular formula is C3H3BF3. The standard InChI is InChI=1S/C3H3BF3/c1-2-4-3(5,6)7/h2H,1H2. The third kappa shape index (κ3) is 5.59. The molecule has 0 heterocycles. The Labute approximate surface area is 40.3 Å². The van der Waals surface area contributed by atoms with Crippen LogP contribution in [0.4, 0.5) is 13.2 Å².